The van der Waals surface area contributed by atoms with Crippen LogP contribution in [0.4, 0.5) is 5.69 Å². The molecule has 16 heavy (non-hydrogen) atoms. The second-order valence-corrected chi connectivity index (χ2v) is 3.01. The topological polar surface area (TPSA) is 47.9 Å². The Hall–Kier alpha value is -2.10. The zero-order valence-electron chi connectivity index (χ0n) is 9.32. The van der Waals surface area contributed by atoms with E-state index in [0.717, 1.165) is 0 Å². The average molecular weight is 219 g/mol. The fourth-order valence-corrected chi connectivity index (χ4v) is 1.25. The van der Waals surface area contributed by atoms with Crippen molar-refractivity contribution in [2.75, 3.05) is 14.2 Å². The normalized spacial score (nSPS) is 9.38. The van der Waals surface area contributed by atoms with Crippen molar-refractivity contribution in [2.45, 2.75) is 0 Å². The Morgan fingerprint density at radius 1 is 1.31 bits per heavy atom. The summed E-state index contributed by atoms with van der Waals surface area (Å²) in [5.74, 6) is 0.00826. The highest BCUT2D eigenvalue weighted by Gasteiger charge is 2.11. The fourth-order valence-electron chi connectivity index (χ4n) is 1.25. The van der Waals surface area contributed by atoms with Crippen molar-refractivity contribution in [3.8, 4) is 0 Å². The minimum Gasteiger partial charge on any atom is -0.497 e. The highest BCUT2D eigenvalue weighted by atomic mass is 16.5. The van der Waals surface area contributed by atoms with Crippen LogP contribution in [0.15, 0.2) is 29.8 Å². The van der Waals surface area contributed by atoms with E-state index in [4.69, 9.17) is 4.74 Å². The molecule has 1 aromatic rings. The van der Waals surface area contributed by atoms with Crippen LogP contribution >= 0.6 is 0 Å². The Morgan fingerprint density at radius 2 is 2.00 bits per heavy atom. The molecule has 4 nitrogen and oxygen atoms in total. The van der Waals surface area contributed by atoms with E-state index in [9.17, 15) is 4.79 Å². The van der Waals surface area contributed by atoms with E-state index >= 15 is 0 Å². The molecule has 0 aliphatic rings. The standard InChI is InChI=1S/C12H13NO3/c1-8(15-3)10-7-9(12(14)16-4)5-6-11(10)13-2/h5-7H,1-2H2,3-4H3. The third kappa shape index (κ3) is 2.28. The van der Waals surface area contributed by atoms with E-state index in [1.165, 1.54) is 14.2 Å². The number of carbonyl (C=O) groups excluding carboxylic acids is 1. The third-order valence-electron chi connectivity index (χ3n) is 2.13. The lowest BCUT2D eigenvalue weighted by Gasteiger charge is -2.09. The van der Waals surface area contributed by atoms with Gasteiger partial charge in [-0.2, -0.15) is 0 Å². The van der Waals surface area contributed by atoms with Gasteiger partial charge in [0.05, 0.1) is 25.5 Å². The highest BCUT2D eigenvalue weighted by molar-refractivity contribution is 5.91. The first kappa shape index (κ1) is 12.0. The number of methoxy groups -OCH3 is 2. The Labute approximate surface area is 94.2 Å². The van der Waals surface area contributed by atoms with Gasteiger partial charge < -0.3 is 9.47 Å². The zero-order valence-corrected chi connectivity index (χ0v) is 9.32. The average Bonchev–Trinajstić information content (AvgIpc) is 2.35. The van der Waals surface area contributed by atoms with Crippen LogP contribution in [0.1, 0.15) is 15.9 Å². The number of hydrogen-bond acceptors (Lipinski definition) is 4. The molecular weight excluding hydrogens is 206 g/mol. The molecule has 0 aromatic heterocycles. The number of carbonyl (C=O) groups is 1. The van der Waals surface area contributed by atoms with Gasteiger partial charge >= 0.3 is 5.97 Å². The molecule has 0 aliphatic heterocycles. The van der Waals surface area contributed by atoms with Gasteiger partial charge in [0.2, 0.25) is 0 Å². The van der Waals surface area contributed by atoms with Gasteiger partial charge in [-0.05, 0) is 24.9 Å². The van der Waals surface area contributed by atoms with Crippen LogP contribution < -0.4 is 0 Å². The lowest BCUT2D eigenvalue weighted by molar-refractivity contribution is 0.0600. The Kier molecular flexibility index (Phi) is 3.83. The van der Waals surface area contributed by atoms with E-state index < -0.39 is 5.97 Å². The summed E-state index contributed by atoms with van der Waals surface area (Å²) in [7, 11) is 2.83. The van der Waals surface area contributed by atoms with E-state index in [1.807, 2.05) is 0 Å². The molecule has 1 aromatic carbocycles. The SMILES string of the molecule is C=Nc1ccc(C(=O)OC)cc1C(=C)OC. The number of benzene rings is 1. The first-order valence-electron chi connectivity index (χ1n) is 4.56. The van der Waals surface area contributed by atoms with Gasteiger partial charge in [-0.15, -0.1) is 0 Å². The first-order valence-corrected chi connectivity index (χ1v) is 4.56. The van der Waals surface area contributed by atoms with E-state index in [-0.39, 0.29) is 0 Å². The Morgan fingerprint density at radius 3 is 2.50 bits per heavy atom. The minimum absolute atomic E-state index is 0.416. The summed E-state index contributed by atoms with van der Waals surface area (Å²) in [5.41, 5.74) is 1.66. The first-order chi connectivity index (χ1) is 7.63. The molecule has 0 fully saturated rings. The van der Waals surface area contributed by atoms with Gasteiger partial charge in [-0.25, -0.2) is 4.79 Å². The third-order valence-corrected chi connectivity index (χ3v) is 2.13. The summed E-state index contributed by atoms with van der Waals surface area (Å²) in [4.78, 5) is 15.2. The molecule has 0 amide bonds. The summed E-state index contributed by atoms with van der Waals surface area (Å²) < 4.78 is 9.64. The van der Waals surface area contributed by atoms with Crippen molar-refractivity contribution in [3.05, 3.63) is 35.9 Å². The maximum Gasteiger partial charge on any atom is 0.337 e. The van der Waals surface area contributed by atoms with Gasteiger partial charge in [-0.3, -0.25) is 4.99 Å². The Bertz CT molecular complexity index is 438. The molecule has 84 valence electrons. The quantitative estimate of drug-likeness (QED) is 0.444. The van der Waals surface area contributed by atoms with E-state index in [2.05, 4.69) is 23.0 Å². The minimum atomic E-state index is -0.416. The summed E-state index contributed by atoms with van der Waals surface area (Å²) >= 11 is 0. The monoisotopic (exact) mass is 219 g/mol. The van der Waals surface area contributed by atoms with E-state index in [0.29, 0.717) is 22.6 Å². The Balaban J connectivity index is 3.26. The summed E-state index contributed by atoms with van der Waals surface area (Å²) in [6.45, 7) is 7.16. The van der Waals surface area contributed by atoms with Crippen molar-refractivity contribution < 1.29 is 14.3 Å². The molecular formula is C12H13NO3. The zero-order chi connectivity index (χ0) is 12.1. The molecule has 0 radical (unpaired) electrons. The van der Waals surface area contributed by atoms with Gasteiger partial charge in [0, 0.05) is 5.56 Å². The molecule has 0 saturated heterocycles. The molecule has 0 saturated carbocycles. The predicted molar refractivity (Wildman–Crippen MR) is 63.0 cm³/mol. The number of hydrogen-bond donors (Lipinski definition) is 0. The molecule has 1 rings (SSSR count). The van der Waals surface area contributed by atoms with Crippen LogP contribution in [0.5, 0.6) is 0 Å². The molecule has 0 heterocycles. The van der Waals surface area contributed by atoms with Crippen molar-refractivity contribution in [1.29, 1.82) is 0 Å². The molecule has 0 N–H and O–H groups in total. The fraction of sp³-hybridized carbons (Fsp3) is 0.167. The lowest BCUT2D eigenvalue weighted by Crippen LogP contribution is -2.02. The summed E-state index contributed by atoms with van der Waals surface area (Å²) in [5, 5.41) is 0. The maximum atomic E-state index is 11.3. The molecule has 0 aliphatic carbocycles. The predicted octanol–water partition coefficient (Wildman–Crippen LogP) is 2.42. The number of rotatable bonds is 4. The molecule has 0 spiro atoms. The highest BCUT2D eigenvalue weighted by Crippen LogP contribution is 2.26. The number of esters is 1. The second kappa shape index (κ2) is 5.11. The van der Waals surface area contributed by atoms with Crippen LogP contribution in [-0.4, -0.2) is 26.9 Å². The number of aliphatic imine (C=N–C) groups is 1. The molecule has 0 bridgehead atoms. The van der Waals surface area contributed by atoms with E-state index in [1.54, 1.807) is 18.2 Å². The van der Waals surface area contributed by atoms with Crippen molar-refractivity contribution in [2.24, 2.45) is 4.99 Å². The second-order valence-electron chi connectivity index (χ2n) is 3.01. The number of nitrogens with zero attached hydrogens (tertiary/aromatic N) is 1. The van der Waals surface area contributed by atoms with Crippen LogP contribution in [0.3, 0.4) is 0 Å². The van der Waals surface area contributed by atoms with Crippen molar-refractivity contribution in [1.82, 2.24) is 0 Å². The lowest BCUT2D eigenvalue weighted by atomic mass is 10.1. The van der Waals surface area contributed by atoms with Crippen LogP contribution in [-0.2, 0) is 9.47 Å². The molecule has 0 atom stereocenters. The summed E-state index contributed by atoms with van der Waals surface area (Å²) in [6, 6.07) is 4.89. The van der Waals surface area contributed by atoms with Crippen LogP contribution in [0.2, 0.25) is 0 Å². The molecule has 0 unspecified atom stereocenters. The maximum absolute atomic E-state index is 11.3. The largest absolute Gasteiger partial charge is 0.497 e. The van der Waals surface area contributed by atoms with Crippen LogP contribution in [0, 0.1) is 0 Å². The van der Waals surface area contributed by atoms with Crippen molar-refractivity contribution in [3.63, 3.8) is 0 Å². The van der Waals surface area contributed by atoms with Crippen LogP contribution in [0.25, 0.3) is 5.76 Å². The van der Waals surface area contributed by atoms with Gasteiger partial charge in [-0.1, -0.05) is 6.58 Å². The summed E-state index contributed by atoms with van der Waals surface area (Å²) in [6.07, 6.45) is 0. The number of ether oxygens (including phenoxy) is 2. The van der Waals surface area contributed by atoms with Gasteiger partial charge in [0.25, 0.3) is 0 Å². The van der Waals surface area contributed by atoms with Gasteiger partial charge in [0.1, 0.15) is 5.76 Å². The molecule has 4 heteroatoms. The smallest absolute Gasteiger partial charge is 0.337 e. The van der Waals surface area contributed by atoms with Crippen molar-refractivity contribution >= 4 is 24.1 Å². The van der Waals surface area contributed by atoms with Gasteiger partial charge in [0.15, 0.2) is 0 Å².